The minimum absolute atomic E-state index is 0.103. The number of nitrogens with zero attached hydrogens (tertiary/aromatic N) is 2. The maximum Gasteiger partial charge on any atom is 0.338 e. The maximum absolute atomic E-state index is 14.4. The average Bonchev–Trinajstić information content (AvgIpc) is 3.41. The molecule has 0 saturated heterocycles. The molecule has 8 nitrogen and oxygen atoms in total. The van der Waals surface area contributed by atoms with Crippen molar-refractivity contribution < 1.29 is 26.7 Å². The van der Waals surface area contributed by atoms with Gasteiger partial charge in [0.2, 0.25) is 10.0 Å². The van der Waals surface area contributed by atoms with E-state index in [1.54, 1.807) is 25.4 Å². The molecule has 0 bridgehead atoms. The number of esters is 1. The molecule has 37 heavy (non-hydrogen) atoms. The number of rotatable bonds is 7. The summed E-state index contributed by atoms with van der Waals surface area (Å²) in [5.74, 6) is -2.95. The number of methoxy groups -OCH3 is 1. The van der Waals surface area contributed by atoms with E-state index >= 15 is 0 Å². The predicted octanol–water partition coefficient (Wildman–Crippen LogP) is 4.48. The maximum atomic E-state index is 14.4. The van der Waals surface area contributed by atoms with Crippen molar-refractivity contribution in [1.29, 1.82) is 0 Å². The molecular formula is C24H27ClF2N4O4S2. The van der Waals surface area contributed by atoms with E-state index in [4.69, 9.17) is 16.3 Å². The highest BCUT2D eigenvalue weighted by molar-refractivity contribution is 7.90. The molecule has 1 atom stereocenters. The predicted molar refractivity (Wildman–Crippen MR) is 138 cm³/mol. The van der Waals surface area contributed by atoms with Crippen LogP contribution in [0.5, 0.6) is 0 Å². The summed E-state index contributed by atoms with van der Waals surface area (Å²) in [6.45, 7) is 3.54. The third-order valence-corrected chi connectivity index (χ3v) is 9.71. The molecule has 1 aliphatic heterocycles. The monoisotopic (exact) mass is 572 g/mol. The van der Waals surface area contributed by atoms with Crippen molar-refractivity contribution in [3.63, 3.8) is 0 Å². The van der Waals surface area contributed by atoms with Gasteiger partial charge in [-0.3, -0.25) is 4.99 Å². The van der Waals surface area contributed by atoms with Gasteiger partial charge >= 0.3 is 5.97 Å². The first kappa shape index (κ1) is 27.6. The Morgan fingerprint density at radius 1 is 1.24 bits per heavy atom. The minimum atomic E-state index is -3.49. The number of amidine groups is 1. The van der Waals surface area contributed by atoms with Gasteiger partial charge in [-0.2, -0.15) is 0 Å². The Labute approximate surface area is 223 Å². The fraction of sp³-hybridized carbons (Fsp3) is 0.458. The molecule has 200 valence electrons. The number of aromatic nitrogens is 1. The normalized spacial score (nSPS) is 22.6. The molecule has 2 aromatic rings. The number of halogens is 3. The van der Waals surface area contributed by atoms with Gasteiger partial charge in [0.05, 0.1) is 23.0 Å². The van der Waals surface area contributed by atoms with Gasteiger partial charge in [-0.05, 0) is 51.5 Å². The Morgan fingerprint density at radius 3 is 2.54 bits per heavy atom. The first-order valence-electron chi connectivity index (χ1n) is 11.7. The molecule has 1 saturated carbocycles. The molecule has 2 heterocycles. The van der Waals surface area contributed by atoms with Crippen LogP contribution in [-0.2, 0) is 19.6 Å². The number of hydrogen-bond donors (Lipinski definition) is 2. The van der Waals surface area contributed by atoms with Crippen molar-refractivity contribution in [2.75, 3.05) is 7.11 Å². The smallest absolute Gasteiger partial charge is 0.338 e. The van der Waals surface area contributed by atoms with Gasteiger partial charge < -0.3 is 10.1 Å². The lowest BCUT2D eigenvalue weighted by Gasteiger charge is -2.35. The highest BCUT2D eigenvalue weighted by Crippen LogP contribution is 2.42. The van der Waals surface area contributed by atoms with Crippen molar-refractivity contribution >= 4 is 44.8 Å². The number of nitrogens with one attached hydrogen (secondary N) is 2. The van der Waals surface area contributed by atoms with Crippen molar-refractivity contribution in [2.24, 2.45) is 10.9 Å². The topological polar surface area (TPSA) is 110 Å². The number of hydrogen-bond acceptors (Lipinski definition) is 8. The van der Waals surface area contributed by atoms with Crippen LogP contribution in [0, 0.1) is 17.6 Å². The van der Waals surface area contributed by atoms with Crippen LogP contribution in [0.3, 0.4) is 0 Å². The second kappa shape index (κ2) is 11.1. The number of benzene rings is 1. The molecule has 1 aliphatic carbocycles. The van der Waals surface area contributed by atoms with Crippen LogP contribution in [0.4, 0.5) is 8.78 Å². The van der Waals surface area contributed by atoms with E-state index in [1.165, 1.54) is 24.5 Å². The first-order chi connectivity index (χ1) is 17.5. The number of allylic oxidation sites excluding steroid dienone is 1. The van der Waals surface area contributed by atoms with Gasteiger partial charge in [0.1, 0.15) is 6.04 Å². The van der Waals surface area contributed by atoms with E-state index in [-0.39, 0.29) is 23.1 Å². The van der Waals surface area contributed by atoms with Crippen LogP contribution < -0.4 is 10.0 Å². The number of sulfonamides is 1. The minimum Gasteiger partial charge on any atom is -0.466 e. The molecular weight excluding hydrogens is 546 g/mol. The number of carbonyl (C=O) groups excluding carboxylic acids is 1. The van der Waals surface area contributed by atoms with Gasteiger partial charge in [0, 0.05) is 28.9 Å². The van der Waals surface area contributed by atoms with E-state index in [0.29, 0.717) is 42.2 Å². The molecule has 0 amide bonds. The molecule has 1 aromatic carbocycles. The largest absolute Gasteiger partial charge is 0.466 e. The van der Waals surface area contributed by atoms with Crippen LogP contribution >= 0.6 is 22.9 Å². The van der Waals surface area contributed by atoms with Crippen molar-refractivity contribution in [1.82, 2.24) is 15.0 Å². The zero-order valence-electron chi connectivity index (χ0n) is 20.4. The Bertz CT molecular complexity index is 1340. The molecule has 4 rings (SSSR count). The van der Waals surface area contributed by atoms with Crippen molar-refractivity contribution in [3.8, 4) is 0 Å². The lowest BCUT2D eigenvalue weighted by molar-refractivity contribution is -0.136. The molecule has 0 spiro atoms. The van der Waals surface area contributed by atoms with Crippen LogP contribution in [0.25, 0.3) is 0 Å². The van der Waals surface area contributed by atoms with Gasteiger partial charge in [-0.1, -0.05) is 17.7 Å². The quantitative estimate of drug-likeness (QED) is 0.374. The summed E-state index contributed by atoms with van der Waals surface area (Å²) in [6.07, 6.45) is 3.30. The summed E-state index contributed by atoms with van der Waals surface area (Å²) in [5.41, 5.74) is 0.708. The van der Waals surface area contributed by atoms with Crippen molar-refractivity contribution in [3.05, 3.63) is 62.2 Å². The van der Waals surface area contributed by atoms with E-state index in [9.17, 15) is 22.0 Å². The Kier molecular flexibility index (Phi) is 8.32. The summed E-state index contributed by atoms with van der Waals surface area (Å²) < 4.78 is 61.5. The van der Waals surface area contributed by atoms with Gasteiger partial charge in [-0.15, -0.1) is 11.3 Å². The summed E-state index contributed by atoms with van der Waals surface area (Å²) >= 11 is 7.51. The molecule has 2 N–H and O–H groups in total. The Balaban J connectivity index is 1.77. The molecule has 2 aliphatic rings. The Hall–Kier alpha value is -2.41. The summed E-state index contributed by atoms with van der Waals surface area (Å²) in [7, 11) is -2.27. The summed E-state index contributed by atoms with van der Waals surface area (Å²) in [6, 6.07) is 0.925. The molecule has 13 heteroatoms. The number of thiazole rings is 1. The van der Waals surface area contributed by atoms with Gasteiger partial charge in [0.25, 0.3) is 0 Å². The van der Waals surface area contributed by atoms with Crippen LogP contribution in [-0.4, -0.2) is 43.6 Å². The summed E-state index contributed by atoms with van der Waals surface area (Å²) in [5, 5.41) is 4.48. The molecule has 0 radical (unpaired) electrons. The standard InChI is InChI=1S/C24H27ClF2N4O4S2/c1-12(2)31-37(33,34)14-6-4-13(5-7-14)20-17(24(32)35-3)21(15-8-9-16(26)19(27)18(15)25)30-22(29-20)23-28-10-11-36-23/h8-14,21,31H,4-7H2,1-3H3,(H,29,30)/t13-,14-,21?. The highest BCUT2D eigenvalue weighted by atomic mass is 35.5. The van der Waals surface area contributed by atoms with E-state index in [0.717, 1.165) is 6.07 Å². The van der Waals surface area contributed by atoms with Gasteiger partial charge in [0.15, 0.2) is 22.5 Å². The zero-order chi connectivity index (χ0) is 26.9. The van der Waals surface area contributed by atoms with Crippen LogP contribution in [0.1, 0.15) is 56.1 Å². The zero-order valence-corrected chi connectivity index (χ0v) is 22.8. The molecule has 1 unspecified atom stereocenters. The lowest BCUT2D eigenvalue weighted by Crippen LogP contribution is -2.42. The summed E-state index contributed by atoms with van der Waals surface area (Å²) in [4.78, 5) is 22.0. The van der Waals surface area contributed by atoms with Crippen LogP contribution in [0.2, 0.25) is 5.02 Å². The second-order valence-electron chi connectivity index (χ2n) is 9.22. The molecule has 1 aromatic heterocycles. The fourth-order valence-corrected chi connectivity index (χ4v) is 7.32. The number of carbonyl (C=O) groups is 1. The third-order valence-electron chi connectivity index (χ3n) is 6.40. The average molecular weight is 573 g/mol. The van der Waals surface area contributed by atoms with E-state index in [1.807, 2.05) is 0 Å². The number of ether oxygens (including phenoxy) is 1. The number of aliphatic imine (C=N–C) groups is 1. The SMILES string of the molecule is COC(=O)C1=C([C@H]2CC[C@H](S(=O)(=O)NC(C)C)CC2)NC(c2nccs2)=NC1c1ccc(F)c(F)c1Cl. The van der Waals surface area contributed by atoms with E-state index in [2.05, 4.69) is 20.0 Å². The highest BCUT2D eigenvalue weighted by Gasteiger charge is 2.40. The van der Waals surface area contributed by atoms with Crippen LogP contribution in [0.15, 0.2) is 40.0 Å². The lowest BCUT2D eigenvalue weighted by atomic mass is 9.82. The van der Waals surface area contributed by atoms with Gasteiger partial charge in [-0.25, -0.2) is 31.7 Å². The Morgan fingerprint density at radius 2 is 1.95 bits per heavy atom. The second-order valence-corrected chi connectivity index (χ2v) is 12.5. The van der Waals surface area contributed by atoms with E-state index < -0.39 is 43.9 Å². The van der Waals surface area contributed by atoms with Crippen molar-refractivity contribution in [2.45, 2.75) is 56.9 Å². The fourth-order valence-electron chi connectivity index (χ4n) is 4.73. The third kappa shape index (κ3) is 5.71. The first-order valence-corrected chi connectivity index (χ1v) is 14.6. The molecule has 1 fully saturated rings.